The fraction of sp³-hybridized carbons (Fsp3) is 0.333. The molecule has 1 aromatic rings. The third-order valence-electron chi connectivity index (χ3n) is 2.28. The van der Waals surface area contributed by atoms with E-state index < -0.39 is 21.8 Å². The zero-order valence-electron chi connectivity index (χ0n) is 8.60. The van der Waals surface area contributed by atoms with Gasteiger partial charge in [-0.05, 0) is 19.1 Å². The van der Waals surface area contributed by atoms with E-state index in [1.807, 2.05) is 0 Å². The van der Waals surface area contributed by atoms with Crippen LogP contribution in [-0.4, -0.2) is 20.2 Å². The highest BCUT2D eigenvalue weighted by molar-refractivity contribution is 7.93. The number of rotatable bonds is 1. The van der Waals surface area contributed by atoms with Gasteiger partial charge in [0.2, 0.25) is 0 Å². The van der Waals surface area contributed by atoms with Crippen LogP contribution in [0.1, 0.15) is 6.92 Å². The number of benzene rings is 1. The SMILES string of the molecule is CC1Oc2ccccc2N1S(=O)(=O)C(F)(F)F. The van der Waals surface area contributed by atoms with Crippen molar-refractivity contribution in [3.63, 3.8) is 0 Å². The molecule has 1 heterocycles. The summed E-state index contributed by atoms with van der Waals surface area (Å²) in [5, 5.41) is 0. The summed E-state index contributed by atoms with van der Waals surface area (Å²) in [5.74, 6) is 0.118. The molecule has 0 radical (unpaired) electrons. The van der Waals surface area contributed by atoms with Crippen LogP contribution in [0.15, 0.2) is 24.3 Å². The van der Waals surface area contributed by atoms with Crippen LogP contribution in [0.25, 0.3) is 0 Å². The maximum Gasteiger partial charge on any atom is 0.516 e. The van der Waals surface area contributed by atoms with Crippen LogP contribution in [0.5, 0.6) is 5.75 Å². The van der Waals surface area contributed by atoms with Gasteiger partial charge in [0, 0.05) is 0 Å². The molecule has 8 heteroatoms. The number of hydrogen-bond acceptors (Lipinski definition) is 3. The predicted octanol–water partition coefficient (Wildman–Crippen LogP) is 2.08. The Labute approximate surface area is 95.7 Å². The van der Waals surface area contributed by atoms with Gasteiger partial charge in [0.25, 0.3) is 0 Å². The molecule has 1 aliphatic rings. The highest BCUT2D eigenvalue weighted by Gasteiger charge is 2.54. The van der Waals surface area contributed by atoms with Crippen molar-refractivity contribution in [1.82, 2.24) is 0 Å². The molecule has 0 amide bonds. The van der Waals surface area contributed by atoms with Crippen molar-refractivity contribution in [2.45, 2.75) is 18.7 Å². The normalized spacial score (nSPS) is 20.0. The van der Waals surface area contributed by atoms with Gasteiger partial charge in [-0.2, -0.15) is 21.6 Å². The van der Waals surface area contributed by atoms with Gasteiger partial charge in [-0.25, -0.2) is 4.31 Å². The second kappa shape index (κ2) is 3.52. The number of nitrogens with zero attached hydrogens (tertiary/aromatic N) is 1. The lowest BCUT2D eigenvalue weighted by Crippen LogP contribution is -2.44. The molecule has 0 bridgehead atoms. The van der Waals surface area contributed by atoms with Crippen molar-refractivity contribution < 1.29 is 26.3 Å². The van der Waals surface area contributed by atoms with Gasteiger partial charge in [0.05, 0.1) is 5.69 Å². The van der Waals surface area contributed by atoms with Crippen molar-refractivity contribution in [1.29, 1.82) is 0 Å². The fourth-order valence-electron chi connectivity index (χ4n) is 1.60. The number of hydrogen-bond donors (Lipinski definition) is 0. The number of alkyl halides is 3. The Balaban J connectivity index is 2.55. The van der Waals surface area contributed by atoms with Crippen molar-refractivity contribution in [2.24, 2.45) is 0 Å². The summed E-state index contributed by atoms with van der Waals surface area (Å²) in [6.45, 7) is 1.24. The average Bonchev–Trinajstić information content (AvgIpc) is 2.51. The fourth-order valence-corrected chi connectivity index (χ4v) is 2.67. The summed E-state index contributed by atoms with van der Waals surface area (Å²) < 4.78 is 65.4. The first-order valence-electron chi connectivity index (χ1n) is 4.61. The lowest BCUT2D eigenvalue weighted by atomic mass is 10.3. The Morgan fingerprint density at radius 3 is 2.47 bits per heavy atom. The second-order valence-electron chi connectivity index (χ2n) is 3.43. The molecule has 4 nitrogen and oxygen atoms in total. The highest BCUT2D eigenvalue weighted by atomic mass is 32.2. The Kier molecular flexibility index (Phi) is 2.49. The first-order valence-corrected chi connectivity index (χ1v) is 6.05. The first kappa shape index (κ1) is 12.0. The molecule has 0 aliphatic carbocycles. The summed E-state index contributed by atoms with van der Waals surface area (Å²) in [6.07, 6.45) is -1.21. The third-order valence-corrected chi connectivity index (χ3v) is 3.88. The van der Waals surface area contributed by atoms with E-state index in [2.05, 4.69) is 0 Å². The number of sulfonamides is 1. The molecule has 0 aromatic heterocycles. The van der Waals surface area contributed by atoms with Crippen molar-refractivity contribution >= 4 is 15.7 Å². The highest BCUT2D eigenvalue weighted by Crippen LogP contribution is 2.42. The van der Waals surface area contributed by atoms with Crippen LogP contribution in [0.2, 0.25) is 0 Å². The smallest absolute Gasteiger partial charge is 0.468 e. The van der Waals surface area contributed by atoms with Gasteiger partial charge in [-0.15, -0.1) is 0 Å². The molecule has 94 valence electrons. The van der Waals surface area contributed by atoms with Crippen LogP contribution in [0, 0.1) is 0 Å². The van der Waals surface area contributed by atoms with Crippen molar-refractivity contribution in [3.05, 3.63) is 24.3 Å². The topological polar surface area (TPSA) is 46.6 Å². The van der Waals surface area contributed by atoms with Gasteiger partial charge in [0.15, 0.2) is 6.23 Å². The van der Waals surface area contributed by atoms with E-state index in [9.17, 15) is 21.6 Å². The molecule has 0 N–H and O–H groups in total. The molecule has 1 unspecified atom stereocenters. The van der Waals surface area contributed by atoms with Gasteiger partial charge in [-0.1, -0.05) is 12.1 Å². The minimum Gasteiger partial charge on any atom is -0.468 e. The quantitative estimate of drug-likeness (QED) is 0.782. The maximum absolute atomic E-state index is 12.5. The Hall–Kier alpha value is -1.44. The summed E-state index contributed by atoms with van der Waals surface area (Å²) in [7, 11) is -5.43. The second-order valence-corrected chi connectivity index (χ2v) is 5.24. The number of fused-ring (bicyclic) bond motifs is 1. The maximum atomic E-state index is 12.5. The molecule has 2 rings (SSSR count). The van der Waals surface area contributed by atoms with Crippen LogP contribution < -0.4 is 9.04 Å². The Bertz CT molecular complexity index is 541. The number of para-hydroxylation sites is 2. The summed E-state index contributed by atoms with van der Waals surface area (Å²) in [4.78, 5) is 0. The summed E-state index contributed by atoms with van der Waals surface area (Å²) >= 11 is 0. The van der Waals surface area contributed by atoms with E-state index in [0.717, 1.165) is 0 Å². The Morgan fingerprint density at radius 2 is 1.88 bits per heavy atom. The standard InChI is InChI=1S/C9H8F3NO3S/c1-6-13(17(14,15)9(10,11)12)7-4-2-3-5-8(7)16-6/h2-6H,1H3. The van der Waals surface area contributed by atoms with Gasteiger partial charge < -0.3 is 4.74 Å². The lowest BCUT2D eigenvalue weighted by Gasteiger charge is -2.22. The third kappa shape index (κ3) is 1.72. The van der Waals surface area contributed by atoms with Crippen molar-refractivity contribution in [3.8, 4) is 5.75 Å². The molecule has 0 saturated carbocycles. The predicted molar refractivity (Wildman–Crippen MR) is 54.0 cm³/mol. The molecule has 0 fully saturated rings. The van der Waals surface area contributed by atoms with Crippen LogP contribution in [0.3, 0.4) is 0 Å². The van der Waals surface area contributed by atoms with E-state index in [1.165, 1.54) is 25.1 Å². The minimum atomic E-state index is -5.43. The van der Waals surface area contributed by atoms with Gasteiger partial charge in [-0.3, -0.25) is 0 Å². The van der Waals surface area contributed by atoms with E-state index in [-0.39, 0.29) is 15.7 Å². The molecule has 0 spiro atoms. The summed E-state index contributed by atoms with van der Waals surface area (Å²) in [5.41, 5.74) is -5.44. The van der Waals surface area contributed by atoms with E-state index >= 15 is 0 Å². The number of halogens is 3. The average molecular weight is 267 g/mol. The molecule has 0 saturated heterocycles. The van der Waals surface area contributed by atoms with Crippen LogP contribution in [-0.2, 0) is 10.0 Å². The van der Waals surface area contributed by atoms with Gasteiger partial charge >= 0.3 is 15.5 Å². The molecular weight excluding hydrogens is 259 g/mol. The first-order chi connectivity index (χ1) is 7.75. The molecule has 1 aromatic carbocycles. The van der Waals surface area contributed by atoms with Gasteiger partial charge in [0.1, 0.15) is 5.75 Å². The molecule has 17 heavy (non-hydrogen) atoms. The van der Waals surface area contributed by atoms with E-state index in [4.69, 9.17) is 4.74 Å². The molecule has 1 aliphatic heterocycles. The number of ether oxygens (including phenoxy) is 1. The van der Waals surface area contributed by atoms with E-state index in [1.54, 1.807) is 6.07 Å². The molecular formula is C9H8F3NO3S. The number of anilines is 1. The minimum absolute atomic E-state index is 0.0997. The zero-order valence-corrected chi connectivity index (χ0v) is 9.42. The monoisotopic (exact) mass is 267 g/mol. The van der Waals surface area contributed by atoms with Crippen LogP contribution >= 0.6 is 0 Å². The summed E-state index contributed by atoms with van der Waals surface area (Å²) in [6, 6.07) is 5.67. The van der Waals surface area contributed by atoms with Crippen LogP contribution in [0.4, 0.5) is 18.9 Å². The lowest BCUT2D eigenvalue weighted by molar-refractivity contribution is -0.0444. The van der Waals surface area contributed by atoms with Crippen molar-refractivity contribution in [2.75, 3.05) is 4.31 Å². The largest absolute Gasteiger partial charge is 0.516 e. The zero-order chi connectivity index (χ0) is 12.8. The molecule has 1 atom stereocenters. The van der Waals surface area contributed by atoms with E-state index in [0.29, 0.717) is 0 Å². The Morgan fingerprint density at radius 1 is 1.29 bits per heavy atom.